The number of aromatic nitrogens is 2. The van der Waals surface area contributed by atoms with Crippen LogP contribution in [-0.4, -0.2) is 21.9 Å². The minimum absolute atomic E-state index is 0.239. The van der Waals surface area contributed by atoms with E-state index in [-0.39, 0.29) is 11.6 Å². The fraction of sp³-hybridized carbons (Fsp3) is 0.333. The molecule has 20 heavy (non-hydrogen) atoms. The molecule has 0 saturated heterocycles. The third kappa shape index (κ3) is 3.83. The van der Waals surface area contributed by atoms with Crippen molar-refractivity contribution in [2.45, 2.75) is 26.1 Å². The predicted molar refractivity (Wildman–Crippen MR) is 69.9 cm³/mol. The number of anilines is 1. The van der Waals surface area contributed by atoms with Crippen LogP contribution >= 0.6 is 11.3 Å². The van der Waals surface area contributed by atoms with E-state index in [1.165, 1.54) is 17.5 Å². The van der Waals surface area contributed by atoms with Gasteiger partial charge in [-0.3, -0.25) is 9.48 Å². The Kier molecular flexibility index (Phi) is 4.12. The maximum atomic E-state index is 12.2. The number of nitrogens with one attached hydrogen (secondary N) is 1. The van der Waals surface area contributed by atoms with Crippen LogP contribution in [0.25, 0.3) is 0 Å². The third-order valence-corrected chi connectivity index (χ3v) is 3.58. The van der Waals surface area contributed by atoms with Gasteiger partial charge in [-0.1, -0.05) is 6.92 Å². The Bertz CT molecular complexity index is 603. The molecule has 2 aromatic heterocycles. The first-order valence-corrected chi connectivity index (χ1v) is 6.73. The number of carbonyl (C=O) groups is 1. The molecule has 0 spiro atoms. The molecule has 0 aromatic carbocycles. The second-order valence-electron chi connectivity index (χ2n) is 4.15. The number of hydrogen-bond donors (Lipinski definition) is 1. The molecule has 0 aliphatic heterocycles. The molecule has 2 aromatic rings. The largest absolute Gasteiger partial charge is 0.408 e. The molecule has 0 atom stereocenters. The first kappa shape index (κ1) is 14.6. The van der Waals surface area contributed by atoms with Crippen molar-refractivity contribution >= 4 is 22.9 Å². The molecule has 1 amide bonds. The minimum atomic E-state index is -4.34. The molecule has 0 saturated carbocycles. The summed E-state index contributed by atoms with van der Waals surface area (Å²) in [4.78, 5) is 12.9. The van der Waals surface area contributed by atoms with E-state index in [2.05, 4.69) is 10.4 Å². The molecule has 0 unspecified atom stereocenters. The molecular formula is C12H12F3N3OS. The van der Waals surface area contributed by atoms with Gasteiger partial charge < -0.3 is 5.32 Å². The van der Waals surface area contributed by atoms with Gasteiger partial charge in [0, 0.05) is 16.5 Å². The van der Waals surface area contributed by atoms with E-state index >= 15 is 0 Å². The van der Waals surface area contributed by atoms with Crippen LogP contribution in [0.15, 0.2) is 23.8 Å². The number of halogens is 3. The van der Waals surface area contributed by atoms with Crippen LogP contribution in [0.2, 0.25) is 0 Å². The molecule has 8 heteroatoms. The average molecular weight is 303 g/mol. The van der Waals surface area contributed by atoms with Crippen molar-refractivity contribution in [2.75, 3.05) is 5.32 Å². The number of amides is 1. The number of hydrogen-bond acceptors (Lipinski definition) is 3. The number of alkyl halides is 3. The second-order valence-corrected chi connectivity index (χ2v) is 5.15. The van der Waals surface area contributed by atoms with Gasteiger partial charge in [-0.05, 0) is 12.5 Å². The zero-order valence-corrected chi connectivity index (χ0v) is 11.4. The van der Waals surface area contributed by atoms with Gasteiger partial charge in [-0.25, -0.2) is 0 Å². The van der Waals surface area contributed by atoms with Crippen LogP contribution < -0.4 is 5.32 Å². The summed E-state index contributed by atoms with van der Waals surface area (Å²) in [6.07, 6.45) is -1.16. The first-order valence-electron chi connectivity index (χ1n) is 5.85. The Balaban J connectivity index is 2.01. The Morgan fingerprint density at radius 3 is 2.85 bits per heavy atom. The van der Waals surface area contributed by atoms with E-state index in [4.69, 9.17) is 0 Å². The molecular weight excluding hydrogens is 291 g/mol. The molecule has 0 aliphatic rings. The van der Waals surface area contributed by atoms with Gasteiger partial charge in [-0.15, -0.1) is 11.3 Å². The third-order valence-electron chi connectivity index (χ3n) is 2.50. The summed E-state index contributed by atoms with van der Waals surface area (Å²) in [6.45, 7) is 0.802. The van der Waals surface area contributed by atoms with Gasteiger partial charge in [0.2, 0.25) is 0 Å². The number of nitrogens with zero attached hydrogens (tertiary/aromatic N) is 2. The summed E-state index contributed by atoms with van der Waals surface area (Å²) in [7, 11) is 0. The monoisotopic (exact) mass is 303 g/mol. The Hall–Kier alpha value is -1.83. The van der Waals surface area contributed by atoms with Crippen LogP contribution in [0.1, 0.15) is 22.2 Å². The number of thiophene rings is 1. The summed E-state index contributed by atoms with van der Waals surface area (Å²) in [5.41, 5.74) is 0.735. The molecule has 0 fully saturated rings. The van der Waals surface area contributed by atoms with Crippen molar-refractivity contribution in [2.24, 2.45) is 0 Å². The minimum Gasteiger partial charge on any atom is -0.319 e. The maximum absolute atomic E-state index is 12.2. The van der Waals surface area contributed by atoms with Crippen LogP contribution in [0.3, 0.4) is 0 Å². The molecule has 4 nitrogen and oxygen atoms in total. The van der Waals surface area contributed by atoms with Crippen molar-refractivity contribution in [1.82, 2.24) is 9.78 Å². The van der Waals surface area contributed by atoms with Crippen LogP contribution in [0.4, 0.5) is 18.9 Å². The van der Waals surface area contributed by atoms with Crippen molar-refractivity contribution in [1.29, 1.82) is 0 Å². The van der Waals surface area contributed by atoms with E-state index in [9.17, 15) is 18.0 Å². The molecule has 2 heterocycles. The number of carbonyl (C=O) groups excluding carboxylic acids is 1. The van der Waals surface area contributed by atoms with Gasteiger partial charge in [0.25, 0.3) is 5.91 Å². The van der Waals surface area contributed by atoms with Crippen molar-refractivity contribution in [3.63, 3.8) is 0 Å². The van der Waals surface area contributed by atoms with Crippen molar-refractivity contribution in [3.05, 3.63) is 34.3 Å². The van der Waals surface area contributed by atoms with E-state index < -0.39 is 12.7 Å². The van der Waals surface area contributed by atoms with Gasteiger partial charge in [0.1, 0.15) is 6.54 Å². The number of rotatable bonds is 4. The lowest BCUT2D eigenvalue weighted by Gasteiger charge is -2.05. The molecule has 0 bridgehead atoms. The lowest BCUT2D eigenvalue weighted by atomic mass is 10.2. The SMILES string of the molecule is CCc1cc(C(=O)Nc2cnn(CC(F)(F)F)c2)cs1. The smallest absolute Gasteiger partial charge is 0.319 e. The lowest BCUT2D eigenvalue weighted by Crippen LogP contribution is -2.17. The van der Waals surface area contributed by atoms with Gasteiger partial charge in [-0.2, -0.15) is 18.3 Å². The maximum Gasteiger partial charge on any atom is 0.408 e. The molecule has 0 aliphatic carbocycles. The van der Waals surface area contributed by atoms with Crippen LogP contribution in [0, 0.1) is 0 Å². The Morgan fingerprint density at radius 2 is 2.25 bits per heavy atom. The summed E-state index contributed by atoms with van der Waals surface area (Å²) >= 11 is 1.47. The predicted octanol–water partition coefficient (Wildman–Crippen LogP) is 3.32. The first-order chi connectivity index (χ1) is 9.37. The number of aryl methyl sites for hydroxylation is 1. The van der Waals surface area contributed by atoms with E-state index in [1.54, 1.807) is 11.4 Å². The molecule has 2 rings (SSSR count). The zero-order chi connectivity index (χ0) is 14.8. The van der Waals surface area contributed by atoms with Crippen LogP contribution in [-0.2, 0) is 13.0 Å². The van der Waals surface area contributed by atoms with E-state index in [1.807, 2.05) is 6.92 Å². The summed E-state index contributed by atoms with van der Waals surface area (Å²) < 4.78 is 37.3. The molecule has 0 radical (unpaired) electrons. The Labute approximate surface area is 117 Å². The standard InChI is InChI=1S/C12H12F3N3OS/c1-2-10-3-8(6-20-10)11(19)17-9-4-16-18(5-9)7-12(13,14)15/h3-6H,2,7H2,1H3,(H,17,19). The van der Waals surface area contributed by atoms with E-state index in [0.717, 1.165) is 22.2 Å². The fourth-order valence-corrected chi connectivity index (χ4v) is 2.40. The van der Waals surface area contributed by atoms with Gasteiger partial charge >= 0.3 is 6.18 Å². The zero-order valence-electron chi connectivity index (χ0n) is 10.6. The van der Waals surface area contributed by atoms with Crippen molar-refractivity contribution in [3.8, 4) is 0 Å². The topological polar surface area (TPSA) is 46.9 Å². The highest BCUT2D eigenvalue weighted by molar-refractivity contribution is 7.10. The van der Waals surface area contributed by atoms with E-state index in [0.29, 0.717) is 5.56 Å². The summed E-state index contributed by atoms with van der Waals surface area (Å²) in [5.74, 6) is -0.354. The van der Waals surface area contributed by atoms with Gasteiger partial charge in [0.05, 0.1) is 17.4 Å². The average Bonchev–Trinajstić information content (AvgIpc) is 2.96. The van der Waals surface area contributed by atoms with Crippen molar-refractivity contribution < 1.29 is 18.0 Å². The highest BCUT2D eigenvalue weighted by atomic mass is 32.1. The van der Waals surface area contributed by atoms with Crippen LogP contribution in [0.5, 0.6) is 0 Å². The molecule has 108 valence electrons. The molecule has 1 N–H and O–H groups in total. The quantitative estimate of drug-likeness (QED) is 0.942. The highest BCUT2D eigenvalue weighted by Gasteiger charge is 2.28. The van der Waals surface area contributed by atoms with Gasteiger partial charge in [0.15, 0.2) is 0 Å². The second kappa shape index (κ2) is 5.66. The fourth-order valence-electron chi connectivity index (χ4n) is 1.59. The summed E-state index contributed by atoms with van der Waals surface area (Å²) in [6, 6.07) is 1.76. The highest BCUT2D eigenvalue weighted by Crippen LogP contribution is 2.19. The summed E-state index contributed by atoms with van der Waals surface area (Å²) in [5, 5.41) is 7.79. The Morgan fingerprint density at radius 1 is 1.50 bits per heavy atom. The normalized spacial score (nSPS) is 11.6. The lowest BCUT2D eigenvalue weighted by molar-refractivity contribution is -0.142.